The average Bonchev–Trinajstić information content (AvgIpc) is 3.33. The Balaban J connectivity index is 1.47. The number of benzene rings is 2. The molecule has 0 bridgehead atoms. The van der Waals surface area contributed by atoms with E-state index in [0.29, 0.717) is 5.65 Å². The van der Waals surface area contributed by atoms with Crippen LogP contribution in [0.4, 0.5) is 11.4 Å². The summed E-state index contributed by atoms with van der Waals surface area (Å²) in [6, 6.07) is 18.1. The number of rotatable bonds is 7. The summed E-state index contributed by atoms with van der Waals surface area (Å²) in [6.07, 6.45) is 0.240. The van der Waals surface area contributed by atoms with Crippen molar-refractivity contribution in [2.75, 3.05) is 56.3 Å². The fourth-order valence-electron chi connectivity index (χ4n) is 5.36. The highest BCUT2D eigenvalue weighted by atomic mass is 16.5. The van der Waals surface area contributed by atoms with E-state index in [1.54, 1.807) is 17.9 Å². The van der Waals surface area contributed by atoms with Crippen LogP contribution in [0, 0.1) is 0 Å². The number of carbonyl (C=O) groups is 1. The predicted octanol–water partition coefficient (Wildman–Crippen LogP) is 4.58. The van der Waals surface area contributed by atoms with Crippen LogP contribution >= 0.6 is 0 Å². The Morgan fingerprint density at radius 2 is 1.72 bits per heavy atom. The molecular formula is C30H33N5O4. The number of morpholine rings is 1. The summed E-state index contributed by atoms with van der Waals surface area (Å²) in [4.78, 5) is 21.4. The molecular weight excluding hydrogens is 494 g/mol. The molecule has 1 N–H and O–H groups in total. The van der Waals surface area contributed by atoms with Crippen molar-refractivity contribution in [3.63, 3.8) is 0 Å². The van der Waals surface area contributed by atoms with E-state index in [-0.39, 0.29) is 17.7 Å². The molecule has 9 nitrogen and oxygen atoms in total. The molecule has 2 aliphatic heterocycles. The van der Waals surface area contributed by atoms with Gasteiger partial charge in [0.15, 0.2) is 11.3 Å². The summed E-state index contributed by atoms with van der Waals surface area (Å²) in [5, 5.41) is 15.9. The summed E-state index contributed by atoms with van der Waals surface area (Å²) in [5.74, 6) is -0.958. The fourth-order valence-corrected chi connectivity index (χ4v) is 5.36. The molecule has 0 spiro atoms. The lowest BCUT2D eigenvalue weighted by atomic mass is 9.97. The number of anilines is 2. The normalized spacial score (nSPS) is 16.2. The quantitative estimate of drug-likeness (QED) is 0.373. The minimum Gasteiger partial charge on any atom is -0.477 e. The maximum absolute atomic E-state index is 12.2. The molecule has 9 heteroatoms. The number of hydrogen-bond acceptors (Lipinski definition) is 7. The van der Waals surface area contributed by atoms with Gasteiger partial charge < -0.3 is 24.4 Å². The van der Waals surface area contributed by atoms with Gasteiger partial charge in [0.1, 0.15) is 0 Å². The maximum atomic E-state index is 12.2. The Bertz CT molecular complexity index is 1500. The van der Waals surface area contributed by atoms with Crippen molar-refractivity contribution < 1.29 is 19.4 Å². The number of carboxylic acids is 1. The van der Waals surface area contributed by atoms with Gasteiger partial charge in [-0.25, -0.2) is 14.5 Å². The first-order valence-electron chi connectivity index (χ1n) is 13.4. The molecule has 0 unspecified atom stereocenters. The summed E-state index contributed by atoms with van der Waals surface area (Å²) >= 11 is 0. The number of ether oxygens (including phenoxy) is 2. The lowest BCUT2D eigenvalue weighted by molar-refractivity contribution is 0.0690. The van der Waals surface area contributed by atoms with E-state index in [1.165, 1.54) is 0 Å². The molecule has 0 amide bonds. The Morgan fingerprint density at radius 1 is 1.00 bits per heavy atom. The van der Waals surface area contributed by atoms with Gasteiger partial charge in [0.25, 0.3) is 0 Å². The van der Waals surface area contributed by atoms with Crippen molar-refractivity contribution in [2.45, 2.75) is 25.9 Å². The van der Waals surface area contributed by atoms with Crippen LogP contribution in [0.5, 0.6) is 0 Å². The van der Waals surface area contributed by atoms with E-state index >= 15 is 0 Å². The van der Waals surface area contributed by atoms with Gasteiger partial charge in [-0.15, -0.1) is 0 Å². The first kappa shape index (κ1) is 25.3. The Kier molecular flexibility index (Phi) is 6.70. The molecule has 4 heterocycles. The molecule has 2 fully saturated rings. The van der Waals surface area contributed by atoms with Crippen LogP contribution in [0.2, 0.25) is 0 Å². The minimum absolute atomic E-state index is 0.00644. The molecule has 4 aromatic rings. The SMILES string of the molecule is COC1CN(c2cccc(-n3nc(C(C)C)c4c(-c5ccc(N6CCOCC6)cc5)cc(C(=O)O)nc43)c2)C1. The monoisotopic (exact) mass is 527 g/mol. The number of aromatic nitrogens is 3. The molecule has 2 aromatic heterocycles. The van der Waals surface area contributed by atoms with Crippen LogP contribution in [0.1, 0.15) is 35.9 Å². The maximum Gasteiger partial charge on any atom is 0.354 e. The topological polar surface area (TPSA) is 93.0 Å². The average molecular weight is 528 g/mol. The lowest BCUT2D eigenvalue weighted by Crippen LogP contribution is -2.51. The molecule has 39 heavy (non-hydrogen) atoms. The zero-order valence-electron chi connectivity index (χ0n) is 22.5. The van der Waals surface area contributed by atoms with E-state index in [2.05, 4.69) is 65.0 Å². The smallest absolute Gasteiger partial charge is 0.354 e. The first-order valence-corrected chi connectivity index (χ1v) is 13.4. The summed E-state index contributed by atoms with van der Waals surface area (Å²) < 4.78 is 12.7. The van der Waals surface area contributed by atoms with Crippen molar-refractivity contribution in [1.29, 1.82) is 0 Å². The van der Waals surface area contributed by atoms with Gasteiger partial charge in [-0.05, 0) is 53.4 Å². The predicted molar refractivity (Wildman–Crippen MR) is 151 cm³/mol. The highest BCUT2D eigenvalue weighted by Gasteiger charge is 2.27. The largest absolute Gasteiger partial charge is 0.477 e. The summed E-state index contributed by atoms with van der Waals surface area (Å²) in [7, 11) is 1.74. The Hall–Kier alpha value is -3.95. The zero-order chi connectivity index (χ0) is 27.1. The van der Waals surface area contributed by atoms with E-state index in [1.807, 2.05) is 12.1 Å². The van der Waals surface area contributed by atoms with Crippen molar-refractivity contribution >= 4 is 28.4 Å². The van der Waals surface area contributed by atoms with Gasteiger partial charge in [0.05, 0.1) is 36.1 Å². The molecule has 6 rings (SSSR count). The van der Waals surface area contributed by atoms with Crippen molar-refractivity contribution in [1.82, 2.24) is 14.8 Å². The number of hydrogen-bond donors (Lipinski definition) is 1. The molecule has 202 valence electrons. The van der Waals surface area contributed by atoms with E-state index in [0.717, 1.165) is 78.7 Å². The van der Waals surface area contributed by atoms with Crippen molar-refractivity contribution in [3.8, 4) is 16.8 Å². The van der Waals surface area contributed by atoms with Crippen LogP contribution in [-0.4, -0.2) is 78.4 Å². The van der Waals surface area contributed by atoms with Crippen LogP contribution in [-0.2, 0) is 9.47 Å². The molecule has 2 aromatic carbocycles. The molecule has 0 saturated carbocycles. The summed E-state index contributed by atoms with van der Waals surface area (Å²) in [5.41, 5.74) is 6.22. The number of nitrogens with zero attached hydrogens (tertiary/aromatic N) is 5. The van der Waals surface area contributed by atoms with E-state index in [4.69, 9.17) is 14.6 Å². The van der Waals surface area contributed by atoms with Crippen molar-refractivity contribution in [2.24, 2.45) is 0 Å². The standard InChI is InChI=1S/C30H33N5O4/c1-19(2)28-27-25(20-7-9-21(10-8-20)33-11-13-39-14-12-33)16-26(30(36)37)31-29(27)35(32-28)23-6-4-5-22(15-23)34-17-24(18-34)38-3/h4-10,15-16,19,24H,11-14,17-18H2,1-3H3,(H,36,37). The molecule has 2 saturated heterocycles. The van der Waals surface area contributed by atoms with Crippen molar-refractivity contribution in [3.05, 3.63) is 66.0 Å². The van der Waals surface area contributed by atoms with Gasteiger partial charge in [0, 0.05) is 44.7 Å². The number of aromatic carboxylic acids is 1. The molecule has 0 atom stereocenters. The van der Waals surface area contributed by atoms with Crippen LogP contribution in [0.3, 0.4) is 0 Å². The van der Waals surface area contributed by atoms with Gasteiger partial charge in [-0.1, -0.05) is 32.0 Å². The second-order valence-corrected chi connectivity index (χ2v) is 10.4. The Labute approximate surface area is 227 Å². The minimum atomic E-state index is -1.07. The highest BCUT2D eigenvalue weighted by Crippen LogP contribution is 2.37. The second kappa shape index (κ2) is 10.3. The summed E-state index contributed by atoms with van der Waals surface area (Å²) in [6.45, 7) is 9.03. The number of fused-ring (bicyclic) bond motifs is 1. The third-order valence-electron chi connectivity index (χ3n) is 7.61. The van der Waals surface area contributed by atoms with Gasteiger partial charge in [-0.2, -0.15) is 5.10 Å². The lowest BCUT2D eigenvalue weighted by Gasteiger charge is -2.40. The highest BCUT2D eigenvalue weighted by molar-refractivity contribution is 6.00. The first-order chi connectivity index (χ1) is 18.9. The molecule has 2 aliphatic rings. The van der Waals surface area contributed by atoms with Gasteiger partial charge >= 0.3 is 5.97 Å². The fraction of sp³-hybridized carbons (Fsp3) is 0.367. The van der Waals surface area contributed by atoms with E-state index in [9.17, 15) is 9.90 Å². The third kappa shape index (κ3) is 4.72. The number of carboxylic acid groups (broad SMARTS) is 1. The van der Waals surface area contributed by atoms with E-state index < -0.39 is 5.97 Å². The van der Waals surface area contributed by atoms with Crippen LogP contribution < -0.4 is 9.80 Å². The third-order valence-corrected chi connectivity index (χ3v) is 7.61. The van der Waals surface area contributed by atoms with Crippen LogP contribution in [0.15, 0.2) is 54.6 Å². The number of methoxy groups -OCH3 is 1. The second-order valence-electron chi connectivity index (χ2n) is 10.4. The Morgan fingerprint density at radius 3 is 2.38 bits per heavy atom. The molecule has 0 aliphatic carbocycles. The van der Waals surface area contributed by atoms with Gasteiger partial charge in [0.2, 0.25) is 0 Å². The zero-order valence-corrected chi connectivity index (χ0v) is 22.5. The molecule has 0 radical (unpaired) electrons. The van der Waals surface area contributed by atoms with Crippen LogP contribution in [0.25, 0.3) is 27.8 Å². The van der Waals surface area contributed by atoms with Gasteiger partial charge in [-0.3, -0.25) is 0 Å². The number of pyridine rings is 1.